The average molecular weight is 443 g/mol. The highest BCUT2D eigenvalue weighted by Crippen LogP contribution is 2.32. The van der Waals surface area contributed by atoms with Gasteiger partial charge in [0.05, 0.1) is 31.1 Å². The Morgan fingerprint density at radius 3 is 2.61 bits per heavy atom. The summed E-state index contributed by atoms with van der Waals surface area (Å²) in [6, 6.07) is 8.86. The van der Waals surface area contributed by atoms with Crippen LogP contribution in [0.25, 0.3) is 11.0 Å². The van der Waals surface area contributed by atoms with Crippen LogP contribution >= 0.6 is 15.9 Å². The van der Waals surface area contributed by atoms with Gasteiger partial charge in [-0.3, -0.25) is 14.8 Å². The maximum Gasteiger partial charge on any atom is 0.249 e. The maximum atomic E-state index is 13.0. The van der Waals surface area contributed by atoms with Crippen molar-refractivity contribution in [3.05, 3.63) is 47.2 Å². The molecule has 0 spiro atoms. The Kier molecular flexibility index (Phi) is 5.04. The minimum Gasteiger partial charge on any atom is -0.497 e. The number of methoxy groups -OCH3 is 2. The molecule has 3 aromatic rings. The van der Waals surface area contributed by atoms with Gasteiger partial charge in [-0.25, -0.2) is 0 Å². The number of aromatic nitrogens is 2. The van der Waals surface area contributed by atoms with E-state index in [-0.39, 0.29) is 11.9 Å². The third-order valence-corrected chi connectivity index (χ3v) is 5.16. The molecule has 28 heavy (non-hydrogen) atoms. The highest BCUT2D eigenvalue weighted by Gasteiger charge is 2.33. The highest BCUT2D eigenvalue weighted by molar-refractivity contribution is 9.10. The van der Waals surface area contributed by atoms with Gasteiger partial charge in [-0.1, -0.05) is 0 Å². The predicted molar refractivity (Wildman–Crippen MR) is 111 cm³/mol. The minimum absolute atomic E-state index is 0.00243. The molecule has 0 aliphatic carbocycles. The first kappa shape index (κ1) is 18.5. The molecule has 1 atom stereocenters. The fraction of sp³-hybridized carbons (Fsp3) is 0.250. The van der Waals surface area contributed by atoms with Gasteiger partial charge in [0.1, 0.15) is 23.1 Å². The van der Waals surface area contributed by atoms with Crippen molar-refractivity contribution in [2.75, 3.05) is 31.0 Å². The van der Waals surface area contributed by atoms with Crippen molar-refractivity contribution in [2.45, 2.75) is 12.5 Å². The number of nitrogens with one attached hydrogen (secondary N) is 1. The number of halogens is 1. The Morgan fingerprint density at radius 1 is 1.14 bits per heavy atom. The molecule has 7 nitrogen and oxygen atoms in total. The summed E-state index contributed by atoms with van der Waals surface area (Å²) in [4.78, 5) is 23.6. The van der Waals surface area contributed by atoms with Gasteiger partial charge < -0.3 is 19.7 Å². The van der Waals surface area contributed by atoms with E-state index in [0.717, 1.165) is 26.9 Å². The number of fused-ring (bicyclic) bond motifs is 1. The minimum atomic E-state index is -0.340. The Morgan fingerprint density at radius 2 is 1.89 bits per heavy atom. The predicted octanol–water partition coefficient (Wildman–Crippen LogP) is 3.63. The van der Waals surface area contributed by atoms with Gasteiger partial charge in [-0.15, -0.1) is 0 Å². The van der Waals surface area contributed by atoms with Gasteiger partial charge in [0.25, 0.3) is 0 Å². The van der Waals surface area contributed by atoms with Crippen LogP contribution in [0, 0.1) is 0 Å². The standard InChI is InChI=1S/C20H19BrN4O3/c1-27-14-8-13(9-15(10-14)28-2)25-6-4-17(20(25)26)24-16-3-5-22-18-7-12(21)11-23-19(16)18/h3,5,7-11,17H,4,6H2,1-2H3,(H,22,24). The molecule has 8 heteroatoms. The van der Waals surface area contributed by atoms with Crippen molar-refractivity contribution in [2.24, 2.45) is 0 Å². The molecule has 1 unspecified atom stereocenters. The number of ether oxygens (including phenoxy) is 2. The quantitative estimate of drug-likeness (QED) is 0.649. The van der Waals surface area contributed by atoms with Crippen LogP contribution in [0.2, 0.25) is 0 Å². The molecule has 1 aliphatic heterocycles. The maximum absolute atomic E-state index is 13.0. The zero-order valence-corrected chi connectivity index (χ0v) is 17.1. The Bertz CT molecular complexity index is 1020. The number of rotatable bonds is 5. The van der Waals surface area contributed by atoms with E-state index in [2.05, 4.69) is 31.2 Å². The average Bonchev–Trinajstić information content (AvgIpc) is 3.07. The molecule has 1 fully saturated rings. The monoisotopic (exact) mass is 442 g/mol. The lowest BCUT2D eigenvalue weighted by molar-refractivity contribution is -0.117. The number of hydrogen-bond acceptors (Lipinski definition) is 6. The Labute approximate surface area is 170 Å². The number of benzene rings is 1. The molecule has 1 saturated heterocycles. The number of anilines is 2. The summed E-state index contributed by atoms with van der Waals surface area (Å²) in [6.45, 7) is 0.606. The molecule has 1 aromatic carbocycles. The Balaban J connectivity index is 1.59. The summed E-state index contributed by atoms with van der Waals surface area (Å²) >= 11 is 3.41. The number of hydrogen-bond donors (Lipinski definition) is 1. The molecule has 0 saturated carbocycles. The van der Waals surface area contributed by atoms with Gasteiger partial charge in [-0.2, -0.15) is 0 Å². The topological polar surface area (TPSA) is 76.6 Å². The first-order chi connectivity index (χ1) is 13.6. The van der Waals surface area contributed by atoms with Crippen LogP contribution in [0.5, 0.6) is 11.5 Å². The smallest absolute Gasteiger partial charge is 0.249 e. The van der Waals surface area contributed by atoms with Crippen LogP contribution < -0.4 is 19.7 Å². The van der Waals surface area contributed by atoms with E-state index in [4.69, 9.17) is 9.47 Å². The highest BCUT2D eigenvalue weighted by atomic mass is 79.9. The SMILES string of the molecule is COc1cc(OC)cc(N2CCC(Nc3ccnc4cc(Br)cnc34)C2=O)c1. The molecule has 2 aromatic heterocycles. The van der Waals surface area contributed by atoms with E-state index in [1.54, 1.807) is 37.6 Å². The van der Waals surface area contributed by atoms with Crippen molar-refractivity contribution in [1.82, 2.24) is 9.97 Å². The molecule has 0 bridgehead atoms. The van der Waals surface area contributed by atoms with Crippen molar-refractivity contribution >= 4 is 44.2 Å². The zero-order valence-electron chi connectivity index (χ0n) is 15.5. The van der Waals surface area contributed by atoms with E-state index < -0.39 is 0 Å². The van der Waals surface area contributed by atoms with Gasteiger partial charge >= 0.3 is 0 Å². The summed E-state index contributed by atoms with van der Waals surface area (Å²) in [5.41, 5.74) is 3.05. The van der Waals surface area contributed by atoms with E-state index >= 15 is 0 Å². The third kappa shape index (κ3) is 3.47. The molecule has 1 N–H and O–H groups in total. The van der Waals surface area contributed by atoms with E-state index in [1.165, 1.54) is 0 Å². The fourth-order valence-corrected chi connectivity index (χ4v) is 3.65. The van der Waals surface area contributed by atoms with E-state index in [1.807, 2.05) is 24.3 Å². The largest absolute Gasteiger partial charge is 0.497 e. The molecule has 4 rings (SSSR count). The second kappa shape index (κ2) is 7.63. The van der Waals surface area contributed by atoms with Crippen LogP contribution in [-0.4, -0.2) is 42.7 Å². The van der Waals surface area contributed by atoms with E-state index in [0.29, 0.717) is 24.5 Å². The molecular weight excluding hydrogens is 424 g/mol. The number of pyridine rings is 2. The molecular formula is C20H19BrN4O3. The zero-order chi connectivity index (χ0) is 19.7. The number of amides is 1. The van der Waals surface area contributed by atoms with Crippen LogP contribution in [-0.2, 0) is 4.79 Å². The Hall–Kier alpha value is -2.87. The summed E-state index contributed by atoms with van der Waals surface area (Å²) in [6.07, 6.45) is 4.11. The fourth-order valence-electron chi connectivity index (χ4n) is 3.33. The van der Waals surface area contributed by atoms with Gasteiger partial charge in [0, 0.05) is 41.6 Å². The van der Waals surface area contributed by atoms with Crippen molar-refractivity contribution in [3.8, 4) is 11.5 Å². The lowest BCUT2D eigenvalue weighted by atomic mass is 10.2. The molecule has 144 valence electrons. The second-order valence-corrected chi connectivity index (χ2v) is 7.34. The van der Waals surface area contributed by atoms with Crippen LogP contribution in [0.4, 0.5) is 11.4 Å². The van der Waals surface area contributed by atoms with Crippen LogP contribution in [0.15, 0.2) is 47.2 Å². The van der Waals surface area contributed by atoms with E-state index in [9.17, 15) is 4.79 Å². The van der Waals surface area contributed by atoms with Crippen molar-refractivity contribution in [1.29, 1.82) is 0 Å². The normalized spacial score (nSPS) is 16.5. The summed E-state index contributed by atoms with van der Waals surface area (Å²) in [7, 11) is 3.18. The summed E-state index contributed by atoms with van der Waals surface area (Å²) < 4.78 is 11.5. The molecule has 3 heterocycles. The molecule has 1 amide bonds. The third-order valence-electron chi connectivity index (χ3n) is 4.73. The molecule has 0 radical (unpaired) electrons. The first-order valence-corrected chi connectivity index (χ1v) is 9.59. The number of nitrogens with zero attached hydrogens (tertiary/aromatic N) is 3. The van der Waals surface area contributed by atoms with Crippen LogP contribution in [0.1, 0.15) is 6.42 Å². The van der Waals surface area contributed by atoms with Gasteiger partial charge in [0.15, 0.2) is 0 Å². The number of carbonyl (C=O) groups excluding carboxylic acids is 1. The van der Waals surface area contributed by atoms with Crippen molar-refractivity contribution in [3.63, 3.8) is 0 Å². The van der Waals surface area contributed by atoms with Crippen molar-refractivity contribution < 1.29 is 14.3 Å². The first-order valence-electron chi connectivity index (χ1n) is 8.80. The van der Waals surface area contributed by atoms with Crippen LogP contribution in [0.3, 0.4) is 0 Å². The second-order valence-electron chi connectivity index (χ2n) is 6.43. The van der Waals surface area contributed by atoms with Gasteiger partial charge in [-0.05, 0) is 34.5 Å². The summed E-state index contributed by atoms with van der Waals surface area (Å²) in [5.74, 6) is 1.29. The number of carbonyl (C=O) groups is 1. The lowest BCUT2D eigenvalue weighted by Gasteiger charge is -2.19. The lowest BCUT2D eigenvalue weighted by Crippen LogP contribution is -2.33. The van der Waals surface area contributed by atoms with Gasteiger partial charge in [0.2, 0.25) is 5.91 Å². The molecule has 1 aliphatic rings. The summed E-state index contributed by atoms with van der Waals surface area (Å²) in [5, 5.41) is 3.34.